The molecule has 1 aliphatic heterocycles. The maximum absolute atomic E-state index is 11.5. The minimum atomic E-state index is -0.925. The lowest BCUT2D eigenvalue weighted by atomic mass is 10.0. The van der Waals surface area contributed by atoms with Gasteiger partial charge in [0.05, 0.1) is 6.04 Å². The van der Waals surface area contributed by atoms with Crippen LogP contribution in [0.1, 0.15) is 40.0 Å². The third-order valence-electron chi connectivity index (χ3n) is 2.75. The van der Waals surface area contributed by atoms with E-state index in [-0.39, 0.29) is 6.04 Å². The van der Waals surface area contributed by atoms with Crippen molar-refractivity contribution in [1.82, 2.24) is 10.2 Å². The molecule has 6 heteroatoms. The summed E-state index contributed by atoms with van der Waals surface area (Å²) in [6.45, 7) is 6.21. The first-order chi connectivity index (χ1) is 8.29. The van der Waals surface area contributed by atoms with Gasteiger partial charge in [-0.3, -0.25) is 0 Å². The second-order valence-electron chi connectivity index (χ2n) is 5.51. The van der Waals surface area contributed by atoms with E-state index in [1.165, 1.54) is 4.90 Å². The number of nitrogens with zero attached hydrogens (tertiary/aromatic N) is 1. The Morgan fingerprint density at radius 1 is 1.39 bits per heavy atom. The highest BCUT2D eigenvalue weighted by Gasteiger charge is 2.27. The van der Waals surface area contributed by atoms with Crippen molar-refractivity contribution in [3.8, 4) is 0 Å². The van der Waals surface area contributed by atoms with Crippen LogP contribution in [0.25, 0.3) is 0 Å². The highest BCUT2D eigenvalue weighted by Crippen LogP contribution is 2.16. The van der Waals surface area contributed by atoms with Gasteiger partial charge in [0.2, 0.25) is 0 Å². The number of alkyl carbamates (subject to hydrolysis) is 1. The van der Waals surface area contributed by atoms with Gasteiger partial charge in [-0.25, -0.2) is 9.59 Å². The molecule has 6 nitrogen and oxygen atoms in total. The SMILES string of the molecule is CC(C)(C)OC(=O)NC[C@@H]1CCCCN1C(=O)O. The molecule has 0 aromatic carbocycles. The molecule has 0 radical (unpaired) electrons. The lowest BCUT2D eigenvalue weighted by molar-refractivity contribution is 0.0491. The number of carbonyl (C=O) groups excluding carboxylic acids is 1. The summed E-state index contributed by atoms with van der Waals surface area (Å²) in [6.07, 6.45) is 1.23. The van der Waals surface area contributed by atoms with Crippen LogP contribution in [0.2, 0.25) is 0 Å². The van der Waals surface area contributed by atoms with Crippen molar-refractivity contribution < 1.29 is 19.4 Å². The summed E-state index contributed by atoms with van der Waals surface area (Å²) in [7, 11) is 0. The Morgan fingerprint density at radius 3 is 2.61 bits per heavy atom. The molecule has 0 spiro atoms. The summed E-state index contributed by atoms with van der Waals surface area (Å²) in [5, 5.41) is 11.7. The van der Waals surface area contributed by atoms with Gasteiger partial charge in [-0.1, -0.05) is 0 Å². The van der Waals surface area contributed by atoms with Gasteiger partial charge in [0.1, 0.15) is 5.60 Å². The fourth-order valence-electron chi connectivity index (χ4n) is 1.98. The molecule has 0 aromatic heterocycles. The maximum atomic E-state index is 11.5. The Kier molecular flexibility index (Phi) is 4.81. The van der Waals surface area contributed by atoms with Crippen molar-refractivity contribution in [1.29, 1.82) is 0 Å². The Balaban J connectivity index is 2.41. The minimum absolute atomic E-state index is 0.149. The molecular formula is C12H22N2O4. The van der Waals surface area contributed by atoms with Gasteiger partial charge in [0.15, 0.2) is 0 Å². The van der Waals surface area contributed by atoms with Crippen molar-refractivity contribution >= 4 is 12.2 Å². The largest absolute Gasteiger partial charge is 0.465 e. The maximum Gasteiger partial charge on any atom is 0.407 e. The molecule has 1 fully saturated rings. The van der Waals surface area contributed by atoms with E-state index in [1.807, 2.05) is 0 Å². The Hall–Kier alpha value is -1.46. The Bertz CT molecular complexity index is 312. The molecule has 2 amide bonds. The predicted octanol–water partition coefficient (Wildman–Crippen LogP) is 2.04. The van der Waals surface area contributed by atoms with Crippen LogP contribution in [-0.2, 0) is 4.74 Å². The molecule has 1 rings (SSSR count). The standard InChI is InChI=1S/C12H22N2O4/c1-12(2,3)18-10(15)13-8-9-6-4-5-7-14(9)11(16)17/h9H,4-8H2,1-3H3,(H,13,15)(H,16,17)/t9-/m0/s1. The summed E-state index contributed by atoms with van der Waals surface area (Å²) in [5.74, 6) is 0. The number of piperidine rings is 1. The molecule has 1 saturated heterocycles. The monoisotopic (exact) mass is 258 g/mol. The van der Waals surface area contributed by atoms with Crippen LogP contribution < -0.4 is 5.32 Å². The highest BCUT2D eigenvalue weighted by molar-refractivity contribution is 5.68. The summed E-state index contributed by atoms with van der Waals surface area (Å²) >= 11 is 0. The fourth-order valence-corrected chi connectivity index (χ4v) is 1.98. The van der Waals surface area contributed by atoms with E-state index in [0.29, 0.717) is 13.1 Å². The number of carboxylic acid groups (broad SMARTS) is 1. The van der Waals surface area contributed by atoms with Gasteiger partial charge in [-0.05, 0) is 40.0 Å². The van der Waals surface area contributed by atoms with Crippen molar-refractivity contribution in [3.05, 3.63) is 0 Å². The number of hydrogen-bond acceptors (Lipinski definition) is 3. The number of likely N-dealkylation sites (tertiary alicyclic amines) is 1. The van der Waals surface area contributed by atoms with Gasteiger partial charge < -0.3 is 20.1 Å². The molecule has 0 aliphatic carbocycles. The van der Waals surface area contributed by atoms with E-state index < -0.39 is 17.8 Å². The van der Waals surface area contributed by atoms with Crippen molar-refractivity contribution in [2.75, 3.05) is 13.1 Å². The van der Waals surface area contributed by atoms with Crippen LogP contribution in [-0.4, -0.2) is 46.9 Å². The Labute approximate surface area is 107 Å². The third-order valence-corrected chi connectivity index (χ3v) is 2.75. The first-order valence-corrected chi connectivity index (χ1v) is 6.26. The molecule has 18 heavy (non-hydrogen) atoms. The van der Waals surface area contributed by atoms with Gasteiger partial charge >= 0.3 is 12.2 Å². The van der Waals surface area contributed by atoms with Crippen molar-refractivity contribution in [2.45, 2.75) is 51.7 Å². The molecule has 104 valence electrons. The first kappa shape index (κ1) is 14.6. The zero-order chi connectivity index (χ0) is 13.8. The average molecular weight is 258 g/mol. The van der Waals surface area contributed by atoms with Crippen molar-refractivity contribution in [3.63, 3.8) is 0 Å². The van der Waals surface area contributed by atoms with E-state index in [9.17, 15) is 9.59 Å². The van der Waals surface area contributed by atoms with Crippen LogP contribution in [0.15, 0.2) is 0 Å². The van der Waals surface area contributed by atoms with E-state index in [1.54, 1.807) is 20.8 Å². The highest BCUT2D eigenvalue weighted by atomic mass is 16.6. The molecule has 1 heterocycles. The molecule has 0 saturated carbocycles. The quantitative estimate of drug-likeness (QED) is 0.794. The van der Waals surface area contributed by atoms with Gasteiger partial charge in [0.25, 0.3) is 0 Å². The summed E-state index contributed by atoms with van der Waals surface area (Å²) in [6, 6.07) is -0.149. The molecular weight excluding hydrogens is 236 g/mol. The normalized spacial score (nSPS) is 20.4. The van der Waals surface area contributed by atoms with Gasteiger partial charge in [-0.2, -0.15) is 0 Å². The fraction of sp³-hybridized carbons (Fsp3) is 0.833. The van der Waals surface area contributed by atoms with Gasteiger partial charge in [-0.15, -0.1) is 0 Å². The predicted molar refractivity (Wildman–Crippen MR) is 66.6 cm³/mol. The zero-order valence-corrected chi connectivity index (χ0v) is 11.2. The van der Waals surface area contributed by atoms with E-state index in [2.05, 4.69) is 5.32 Å². The van der Waals surface area contributed by atoms with Crippen LogP contribution in [0.4, 0.5) is 9.59 Å². The van der Waals surface area contributed by atoms with Gasteiger partial charge in [0, 0.05) is 13.1 Å². The number of rotatable bonds is 2. The number of hydrogen-bond donors (Lipinski definition) is 2. The molecule has 2 N–H and O–H groups in total. The van der Waals surface area contributed by atoms with E-state index >= 15 is 0 Å². The average Bonchev–Trinajstić information content (AvgIpc) is 2.24. The second kappa shape index (κ2) is 5.93. The van der Waals surface area contributed by atoms with Crippen molar-refractivity contribution in [2.24, 2.45) is 0 Å². The topological polar surface area (TPSA) is 78.9 Å². The Morgan fingerprint density at radius 2 is 2.06 bits per heavy atom. The summed E-state index contributed by atoms with van der Waals surface area (Å²) in [5.41, 5.74) is -0.539. The van der Waals surface area contributed by atoms with E-state index in [4.69, 9.17) is 9.84 Å². The lowest BCUT2D eigenvalue weighted by Gasteiger charge is -2.33. The molecule has 0 unspecified atom stereocenters. The second-order valence-corrected chi connectivity index (χ2v) is 5.51. The molecule has 1 aliphatic rings. The minimum Gasteiger partial charge on any atom is -0.465 e. The van der Waals surface area contributed by atoms with Crippen LogP contribution in [0.3, 0.4) is 0 Å². The van der Waals surface area contributed by atoms with Crippen LogP contribution in [0.5, 0.6) is 0 Å². The zero-order valence-electron chi connectivity index (χ0n) is 11.2. The lowest BCUT2D eigenvalue weighted by Crippen LogP contribution is -2.49. The third kappa shape index (κ3) is 4.81. The molecule has 0 aromatic rings. The number of carbonyl (C=O) groups is 2. The smallest absolute Gasteiger partial charge is 0.407 e. The summed E-state index contributed by atoms with van der Waals surface area (Å²) < 4.78 is 5.11. The number of amides is 2. The summed E-state index contributed by atoms with van der Waals surface area (Å²) in [4.78, 5) is 23.9. The van der Waals surface area contributed by atoms with E-state index in [0.717, 1.165) is 19.3 Å². The first-order valence-electron chi connectivity index (χ1n) is 6.26. The molecule has 0 bridgehead atoms. The van der Waals surface area contributed by atoms with Crippen LogP contribution >= 0.6 is 0 Å². The van der Waals surface area contributed by atoms with Crippen LogP contribution in [0, 0.1) is 0 Å². The number of nitrogens with one attached hydrogen (secondary N) is 1. The molecule has 1 atom stereocenters. The number of ether oxygens (including phenoxy) is 1.